The summed E-state index contributed by atoms with van der Waals surface area (Å²) in [6, 6.07) is 7.29. The maximum absolute atomic E-state index is 11.2. The zero-order valence-corrected chi connectivity index (χ0v) is 9.36. The maximum Gasteiger partial charge on any atom is 0.249 e. The number of carbonyl (C=O) groups is 1. The first kappa shape index (κ1) is 12.3. The van der Waals surface area contributed by atoms with Crippen LogP contribution in [0.15, 0.2) is 24.3 Å². The zero-order valence-electron chi connectivity index (χ0n) is 9.36. The molecule has 0 saturated heterocycles. The lowest BCUT2D eigenvalue weighted by atomic mass is 10.1. The normalized spacial score (nSPS) is 11.8. The van der Waals surface area contributed by atoms with Crippen LogP contribution in [0.25, 0.3) is 0 Å². The largest absolute Gasteiger partial charge is 0.366 e. The van der Waals surface area contributed by atoms with Crippen molar-refractivity contribution in [3.8, 4) is 12.3 Å². The molecule has 1 amide bonds. The highest BCUT2D eigenvalue weighted by atomic mass is 16.1. The van der Waals surface area contributed by atoms with E-state index in [0.717, 1.165) is 12.0 Å². The number of hydrogen-bond donors (Lipinski definition) is 2. The monoisotopic (exact) mass is 216 g/mol. The number of rotatable bonds is 5. The van der Waals surface area contributed by atoms with Gasteiger partial charge in [0.2, 0.25) is 5.91 Å². The highest BCUT2D eigenvalue weighted by Gasteiger charge is 2.08. The third-order valence-corrected chi connectivity index (χ3v) is 2.43. The van der Waals surface area contributed by atoms with Gasteiger partial charge in [-0.3, -0.25) is 10.1 Å². The van der Waals surface area contributed by atoms with Crippen molar-refractivity contribution in [2.75, 3.05) is 0 Å². The van der Waals surface area contributed by atoms with Gasteiger partial charge >= 0.3 is 0 Å². The molecule has 0 aromatic heterocycles. The average molecular weight is 216 g/mol. The molecule has 0 aliphatic heterocycles. The first-order valence-electron chi connectivity index (χ1n) is 5.26. The van der Waals surface area contributed by atoms with Crippen LogP contribution in [-0.4, -0.2) is 11.9 Å². The number of amides is 1. The SMILES string of the molecule is C#CC(CC)NCc1ccccc1C(N)=O. The summed E-state index contributed by atoms with van der Waals surface area (Å²) in [4.78, 5) is 11.2. The fourth-order valence-electron chi connectivity index (χ4n) is 1.47. The van der Waals surface area contributed by atoms with Gasteiger partial charge in [-0.25, -0.2) is 0 Å². The summed E-state index contributed by atoms with van der Waals surface area (Å²) in [5.41, 5.74) is 6.70. The van der Waals surface area contributed by atoms with Crippen molar-refractivity contribution in [1.82, 2.24) is 5.32 Å². The van der Waals surface area contributed by atoms with Crippen molar-refractivity contribution in [3.05, 3.63) is 35.4 Å². The molecule has 1 aromatic rings. The van der Waals surface area contributed by atoms with Gasteiger partial charge in [0.25, 0.3) is 0 Å². The van der Waals surface area contributed by atoms with Crippen molar-refractivity contribution < 1.29 is 4.79 Å². The molecule has 1 aromatic carbocycles. The van der Waals surface area contributed by atoms with Crippen molar-refractivity contribution in [1.29, 1.82) is 0 Å². The van der Waals surface area contributed by atoms with Crippen LogP contribution in [0.5, 0.6) is 0 Å². The Hall–Kier alpha value is -1.79. The van der Waals surface area contributed by atoms with E-state index in [2.05, 4.69) is 11.2 Å². The third kappa shape index (κ3) is 3.11. The Morgan fingerprint density at radius 2 is 2.25 bits per heavy atom. The van der Waals surface area contributed by atoms with Crippen molar-refractivity contribution >= 4 is 5.91 Å². The average Bonchev–Trinajstić information content (AvgIpc) is 2.30. The van der Waals surface area contributed by atoms with E-state index in [1.54, 1.807) is 12.1 Å². The van der Waals surface area contributed by atoms with Gasteiger partial charge in [-0.05, 0) is 18.1 Å². The van der Waals surface area contributed by atoms with Gasteiger partial charge in [-0.1, -0.05) is 31.0 Å². The molecule has 3 N–H and O–H groups in total. The smallest absolute Gasteiger partial charge is 0.249 e. The molecule has 0 aliphatic rings. The van der Waals surface area contributed by atoms with Gasteiger partial charge in [-0.2, -0.15) is 0 Å². The molecular weight excluding hydrogens is 200 g/mol. The number of hydrogen-bond acceptors (Lipinski definition) is 2. The second kappa shape index (κ2) is 5.94. The fourth-order valence-corrected chi connectivity index (χ4v) is 1.47. The highest BCUT2D eigenvalue weighted by Crippen LogP contribution is 2.08. The molecule has 1 atom stereocenters. The summed E-state index contributed by atoms with van der Waals surface area (Å²) in [5, 5.41) is 3.19. The molecule has 0 saturated carbocycles. The summed E-state index contributed by atoms with van der Waals surface area (Å²) in [6.45, 7) is 2.57. The minimum atomic E-state index is -0.411. The Bertz CT molecular complexity index is 407. The van der Waals surface area contributed by atoms with E-state index < -0.39 is 5.91 Å². The minimum absolute atomic E-state index is 0.0286. The molecular formula is C13H16N2O. The first-order valence-corrected chi connectivity index (χ1v) is 5.26. The van der Waals surface area contributed by atoms with Gasteiger partial charge in [0, 0.05) is 12.1 Å². The van der Waals surface area contributed by atoms with Crippen LogP contribution in [-0.2, 0) is 6.54 Å². The van der Waals surface area contributed by atoms with Crippen LogP contribution in [0.2, 0.25) is 0 Å². The molecule has 0 heterocycles. The van der Waals surface area contributed by atoms with E-state index in [4.69, 9.17) is 12.2 Å². The van der Waals surface area contributed by atoms with E-state index in [1.807, 2.05) is 19.1 Å². The van der Waals surface area contributed by atoms with Gasteiger partial charge in [0.1, 0.15) is 0 Å². The van der Waals surface area contributed by atoms with E-state index in [9.17, 15) is 4.79 Å². The fraction of sp³-hybridized carbons (Fsp3) is 0.308. The molecule has 0 aliphatic carbocycles. The summed E-state index contributed by atoms with van der Waals surface area (Å²) in [7, 11) is 0. The van der Waals surface area contributed by atoms with Gasteiger partial charge in [0.05, 0.1) is 6.04 Å². The topological polar surface area (TPSA) is 55.1 Å². The van der Waals surface area contributed by atoms with E-state index in [1.165, 1.54) is 0 Å². The lowest BCUT2D eigenvalue weighted by Gasteiger charge is -2.12. The number of carbonyl (C=O) groups excluding carboxylic acids is 1. The minimum Gasteiger partial charge on any atom is -0.366 e. The predicted molar refractivity (Wildman–Crippen MR) is 64.7 cm³/mol. The Kier molecular flexibility index (Phi) is 4.56. The lowest BCUT2D eigenvalue weighted by Crippen LogP contribution is -2.27. The maximum atomic E-state index is 11.2. The van der Waals surface area contributed by atoms with Gasteiger partial charge < -0.3 is 5.73 Å². The molecule has 0 spiro atoms. The molecule has 3 nitrogen and oxygen atoms in total. The molecule has 1 rings (SSSR count). The van der Waals surface area contributed by atoms with Gasteiger partial charge in [-0.15, -0.1) is 6.42 Å². The Morgan fingerprint density at radius 3 is 2.81 bits per heavy atom. The second-order valence-corrected chi connectivity index (χ2v) is 3.53. The molecule has 0 bridgehead atoms. The number of nitrogens with one attached hydrogen (secondary N) is 1. The van der Waals surface area contributed by atoms with E-state index in [-0.39, 0.29) is 6.04 Å². The van der Waals surface area contributed by atoms with Gasteiger partial charge in [0.15, 0.2) is 0 Å². The number of terminal acetylenes is 1. The molecule has 3 heteroatoms. The zero-order chi connectivity index (χ0) is 12.0. The summed E-state index contributed by atoms with van der Waals surface area (Å²) in [5.74, 6) is 2.23. The number of benzene rings is 1. The Morgan fingerprint density at radius 1 is 1.56 bits per heavy atom. The molecule has 0 fully saturated rings. The standard InChI is InChI=1S/C13H16N2O/c1-3-11(4-2)15-9-10-7-5-6-8-12(10)13(14)16/h1,5-8,11,15H,4,9H2,2H3,(H2,14,16). The van der Waals surface area contributed by atoms with E-state index >= 15 is 0 Å². The van der Waals surface area contributed by atoms with Crippen molar-refractivity contribution in [3.63, 3.8) is 0 Å². The first-order chi connectivity index (χ1) is 7.69. The summed E-state index contributed by atoms with van der Waals surface area (Å²) >= 11 is 0. The van der Waals surface area contributed by atoms with Crippen LogP contribution in [0.3, 0.4) is 0 Å². The summed E-state index contributed by atoms with van der Waals surface area (Å²) in [6.07, 6.45) is 6.20. The molecule has 84 valence electrons. The lowest BCUT2D eigenvalue weighted by molar-refractivity contribution is 0.0999. The number of primary amides is 1. The quantitative estimate of drug-likeness (QED) is 0.729. The number of nitrogens with two attached hydrogens (primary N) is 1. The third-order valence-electron chi connectivity index (χ3n) is 2.43. The summed E-state index contributed by atoms with van der Waals surface area (Å²) < 4.78 is 0. The molecule has 1 unspecified atom stereocenters. The van der Waals surface area contributed by atoms with Crippen LogP contribution in [0, 0.1) is 12.3 Å². The van der Waals surface area contributed by atoms with Crippen LogP contribution < -0.4 is 11.1 Å². The highest BCUT2D eigenvalue weighted by molar-refractivity contribution is 5.94. The van der Waals surface area contributed by atoms with Crippen LogP contribution in [0.1, 0.15) is 29.3 Å². The Balaban J connectivity index is 2.74. The Labute approximate surface area is 96.0 Å². The van der Waals surface area contributed by atoms with Crippen molar-refractivity contribution in [2.24, 2.45) is 5.73 Å². The van der Waals surface area contributed by atoms with E-state index in [0.29, 0.717) is 12.1 Å². The molecule has 16 heavy (non-hydrogen) atoms. The molecule has 0 radical (unpaired) electrons. The van der Waals surface area contributed by atoms with Crippen LogP contribution in [0.4, 0.5) is 0 Å². The van der Waals surface area contributed by atoms with Crippen molar-refractivity contribution in [2.45, 2.75) is 25.9 Å². The second-order valence-electron chi connectivity index (χ2n) is 3.53. The van der Waals surface area contributed by atoms with Crippen LogP contribution >= 0.6 is 0 Å². The predicted octanol–water partition coefficient (Wildman–Crippen LogP) is 1.29.